The minimum atomic E-state index is -0.319. The molecule has 25 heavy (non-hydrogen) atoms. The number of benzene rings is 2. The Morgan fingerprint density at radius 2 is 1.92 bits per heavy atom. The molecule has 0 unspecified atom stereocenters. The van der Waals surface area contributed by atoms with Gasteiger partial charge in [0.25, 0.3) is 5.91 Å². The van der Waals surface area contributed by atoms with Gasteiger partial charge in [-0.3, -0.25) is 4.79 Å². The summed E-state index contributed by atoms with van der Waals surface area (Å²) in [7, 11) is 0. The number of hydrogen-bond acceptors (Lipinski definition) is 5. The highest BCUT2D eigenvalue weighted by Crippen LogP contribution is 2.30. The first-order valence-corrected chi connectivity index (χ1v) is 8.05. The van der Waals surface area contributed by atoms with E-state index in [1.165, 1.54) is 0 Å². The van der Waals surface area contributed by atoms with Crippen LogP contribution in [0.4, 0.5) is 0 Å². The van der Waals surface area contributed by atoms with E-state index < -0.39 is 0 Å². The topological polar surface area (TPSA) is 69.2 Å². The molecule has 0 saturated carbocycles. The maximum absolute atomic E-state index is 11.9. The smallest absolute Gasteiger partial charge is 0.277 e. The number of ether oxygens (including phenoxy) is 3. The number of carbonyl (C=O) groups excluding carboxylic acids is 1. The third-order valence-electron chi connectivity index (χ3n) is 3.76. The van der Waals surface area contributed by atoms with E-state index >= 15 is 0 Å². The minimum absolute atomic E-state index is 0.0945. The van der Waals surface area contributed by atoms with Gasteiger partial charge in [0, 0.05) is 5.56 Å². The van der Waals surface area contributed by atoms with Gasteiger partial charge in [-0.1, -0.05) is 18.2 Å². The quantitative estimate of drug-likeness (QED) is 0.671. The highest BCUT2D eigenvalue weighted by molar-refractivity contribution is 5.99. The number of rotatable bonds is 5. The Morgan fingerprint density at radius 3 is 2.72 bits per heavy atom. The van der Waals surface area contributed by atoms with E-state index in [0.29, 0.717) is 30.4 Å². The monoisotopic (exact) mass is 340 g/mol. The zero-order valence-corrected chi connectivity index (χ0v) is 14.2. The van der Waals surface area contributed by atoms with Gasteiger partial charge in [0.05, 0.1) is 5.71 Å². The normalized spacial score (nSPS) is 13.3. The first-order valence-electron chi connectivity index (χ1n) is 8.05. The third-order valence-corrected chi connectivity index (χ3v) is 3.76. The first kappa shape index (κ1) is 16.8. The number of nitrogens with one attached hydrogen (secondary N) is 1. The average Bonchev–Trinajstić information content (AvgIpc) is 2.65. The summed E-state index contributed by atoms with van der Waals surface area (Å²) in [5, 5.41) is 4.12. The Hall–Kier alpha value is -3.02. The van der Waals surface area contributed by atoms with Crippen LogP contribution in [0.15, 0.2) is 47.6 Å². The first-order chi connectivity index (χ1) is 12.1. The number of carbonyl (C=O) groups is 1. The van der Waals surface area contributed by atoms with Crippen LogP contribution in [0.25, 0.3) is 0 Å². The van der Waals surface area contributed by atoms with Crippen molar-refractivity contribution in [2.45, 2.75) is 13.8 Å². The van der Waals surface area contributed by atoms with E-state index in [9.17, 15) is 4.79 Å². The molecule has 130 valence electrons. The number of para-hydroxylation sites is 1. The molecule has 0 aliphatic carbocycles. The molecule has 1 amide bonds. The third kappa shape index (κ3) is 4.29. The van der Waals surface area contributed by atoms with Crippen molar-refractivity contribution >= 4 is 11.6 Å². The Morgan fingerprint density at radius 1 is 1.16 bits per heavy atom. The summed E-state index contributed by atoms with van der Waals surface area (Å²) < 4.78 is 16.5. The van der Waals surface area contributed by atoms with Gasteiger partial charge in [-0.25, -0.2) is 5.43 Å². The maximum atomic E-state index is 11.9. The van der Waals surface area contributed by atoms with Gasteiger partial charge in [0.1, 0.15) is 19.0 Å². The Bertz CT molecular complexity index is 802. The van der Waals surface area contributed by atoms with E-state index in [4.69, 9.17) is 14.2 Å². The summed E-state index contributed by atoms with van der Waals surface area (Å²) >= 11 is 0. The molecule has 6 heteroatoms. The average molecular weight is 340 g/mol. The predicted octanol–water partition coefficient (Wildman–Crippen LogP) is 2.69. The van der Waals surface area contributed by atoms with Crippen LogP contribution in [-0.4, -0.2) is 31.4 Å². The van der Waals surface area contributed by atoms with Crippen LogP contribution in [0.1, 0.15) is 18.1 Å². The lowest BCUT2D eigenvalue weighted by molar-refractivity contribution is -0.123. The zero-order valence-electron chi connectivity index (χ0n) is 14.2. The maximum Gasteiger partial charge on any atom is 0.277 e. The number of hydrogen-bond donors (Lipinski definition) is 1. The molecule has 1 aliphatic heterocycles. The van der Waals surface area contributed by atoms with E-state index in [-0.39, 0.29) is 12.5 Å². The number of fused-ring (bicyclic) bond motifs is 1. The van der Waals surface area contributed by atoms with Crippen molar-refractivity contribution in [3.63, 3.8) is 0 Å². The Balaban J connectivity index is 1.57. The van der Waals surface area contributed by atoms with Gasteiger partial charge < -0.3 is 14.2 Å². The fourth-order valence-electron chi connectivity index (χ4n) is 2.37. The SMILES string of the molecule is C/C(=N\NC(=O)COc1ccccc1C)c1ccc2c(c1)OCCO2. The van der Waals surface area contributed by atoms with E-state index in [1.807, 2.05) is 56.3 Å². The van der Waals surface area contributed by atoms with Crippen LogP contribution in [0.2, 0.25) is 0 Å². The highest BCUT2D eigenvalue weighted by atomic mass is 16.6. The number of aryl methyl sites for hydroxylation is 1. The van der Waals surface area contributed by atoms with Crippen LogP contribution < -0.4 is 19.6 Å². The Kier molecular flexibility index (Phi) is 5.18. The lowest BCUT2D eigenvalue weighted by Gasteiger charge is -2.18. The fraction of sp³-hybridized carbons (Fsp3) is 0.263. The summed E-state index contributed by atoms with van der Waals surface area (Å²) in [4.78, 5) is 11.9. The second-order valence-electron chi connectivity index (χ2n) is 5.64. The molecular formula is C19H20N2O4. The van der Waals surface area contributed by atoms with Gasteiger partial charge in [-0.05, 0) is 43.7 Å². The van der Waals surface area contributed by atoms with Crippen molar-refractivity contribution in [3.8, 4) is 17.2 Å². The molecule has 2 aromatic carbocycles. The molecule has 2 aromatic rings. The van der Waals surface area contributed by atoms with Crippen molar-refractivity contribution in [1.82, 2.24) is 5.43 Å². The number of nitrogens with zero attached hydrogens (tertiary/aromatic N) is 1. The van der Waals surface area contributed by atoms with Crippen LogP contribution in [0, 0.1) is 6.92 Å². The van der Waals surface area contributed by atoms with Crippen molar-refractivity contribution in [2.24, 2.45) is 5.10 Å². The molecule has 0 aromatic heterocycles. The van der Waals surface area contributed by atoms with Crippen molar-refractivity contribution in [3.05, 3.63) is 53.6 Å². The van der Waals surface area contributed by atoms with Crippen LogP contribution in [0.5, 0.6) is 17.2 Å². The summed E-state index contributed by atoms with van der Waals surface area (Å²) in [6.07, 6.45) is 0. The van der Waals surface area contributed by atoms with E-state index in [2.05, 4.69) is 10.5 Å². The van der Waals surface area contributed by atoms with Gasteiger partial charge in [0.15, 0.2) is 18.1 Å². The zero-order chi connectivity index (χ0) is 17.6. The molecule has 1 N–H and O–H groups in total. The van der Waals surface area contributed by atoms with Gasteiger partial charge in [-0.15, -0.1) is 0 Å². The minimum Gasteiger partial charge on any atom is -0.486 e. The van der Waals surface area contributed by atoms with Crippen LogP contribution in [-0.2, 0) is 4.79 Å². The van der Waals surface area contributed by atoms with Crippen molar-refractivity contribution in [2.75, 3.05) is 19.8 Å². The molecule has 0 radical (unpaired) electrons. The predicted molar refractivity (Wildman–Crippen MR) is 94.5 cm³/mol. The summed E-state index contributed by atoms with van der Waals surface area (Å²) in [6, 6.07) is 13.1. The standard InChI is InChI=1S/C19H20N2O4/c1-13-5-3-4-6-16(13)25-12-19(22)21-20-14(2)15-7-8-17-18(11-15)24-10-9-23-17/h3-8,11H,9-10,12H2,1-2H3,(H,21,22)/b20-14+. The van der Waals surface area contributed by atoms with Crippen LogP contribution in [0.3, 0.4) is 0 Å². The van der Waals surface area contributed by atoms with Gasteiger partial charge in [0.2, 0.25) is 0 Å². The summed E-state index contributed by atoms with van der Waals surface area (Å²) in [5.74, 6) is 1.77. The fourth-order valence-corrected chi connectivity index (χ4v) is 2.37. The number of hydrazone groups is 1. The van der Waals surface area contributed by atoms with Crippen molar-refractivity contribution < 1.29 is 19.0 Å². The lowest BCUT2D eigenvalue weighted by atomic mass is 10.1. The second kappa shape index (κ2) is 7.70. The molecule has 3 rings (SSSR count). The molecule has 0 saturated heterocycles. The highest BCUT2D eigenvalue weighted by Gasteiger charge is 2.12. The summed E-state index contributed by atoms with van der Waals surface area (Å²) in [6.45, 7) is 4.73. The largest absolute Gasteiger partial charge is 0.486 e. The van der Waals surface area contributed by atoms with Gasteiger partial charge in [-0.2, -0.15) is 5.10 Å². The molecular weight excluding hydrogens is 320 g/mol. The van der Waals surface area contributed by atoms with Crippen LogP contribution >= 0.6 is 0 Å². The lowest BCUT2D eigenvalue weighted by Crippen LogP contribution is -2.25. The molecule has 0 atom stereocenters. The van der Waals surface area contributed by atoms with Gasteiger partial charge >= 0.3 is 0 Å². The van der Waals surface area contributed by atoms with E-state index in [0.717, 1.165) is 16.9 Å². The molecule has 0 spiro atoms. The second-order valence-corrected chi connectivity index (χ2v) is 5.64. The molecule has 6 nitrogen and oxygen atoms in total. The molecule has 1 aliphatic rings. The summed E-state index contributed by atoms with van der Waals surface area (Å²) in [5.41, 5.74) is 5.00. The van der Waals surface area contributed by atoms with Crippen molar-refractivity contribution in [1.29, 1.82) is 0 Å². The number of amides is 1. The molecule has 0 bridgehead atoms. The Labute approximate surface area is 146 Å². The van der Waals surface area contributed by atoms with E-state index in [1.54, 1.807) is 0 Å². The molecule has 0 fully saturated rings. The molecule has 1 heterocycles.